The molecule has 0 fully saturated rings. The third-order valence-electron chi connectivity index (χ3n) is 1.58. The molecule has 0 bridgehead atoms. The highest BCUT2D eigenvalue weighted by atomic mass is 28.4. The topological polar surface area (TPSA) is 44.2 Å². The quantitative estimate of drug-likeness (QED) is 0.739. The molecule has 0 saturated carbocycles. The molecule has 0 aliphatic carbocycles. The SMILES string of the molecule is CCOc1ncc(C)c(O[Si](C)(C)C)n1. The minimum atomic E-state index is -1.62. The molecular weight excluding hydrogens is 208 g/mol. The van der Waals surface area contributed by atoms with E-state index in [0.717, 1.165) is 5.56 Å². The summed E-state index contributed by atoms with van der Waals surface area (Å²) in [5.74, 6) is 0.646. The Labute approximate surface area is 91.8 Å². The van der Waals surface area contributed by atoms with E-state index < -0.39 is 8.32 Å². The van der Waals surface area contributed by atoms with E-state index in [1.54, 1.807) is 6.20 Å². The molecular formula is C10H18N2O2Si. The predicted molar refractivity (Wildman–Crippen MR) is 61.9 cm³/mol. The molecule has 5 heteroatoms. The molecule has 15 heavy (non-hydrogen) atoms. The van der Waals surface area contributed by atoms with Crippen molar-refractivity contribution in [3.63, 3.8) is 0 Å². The second-order valence-electron chi connectivity index (χ2n) is 4.29. The first-order valence-corrected chi connectivity index (χ1v) is 8.48. The fourth-order valence-corrected chi connectivity index (χ4v) is 1.79. The monoisotopic (exact) mass is 226 g/mol. The first-order chi connectivity index (χ1) is 6.92. The maximum atomic E-state index is 5.83. The summed E-state index contributed by atoms with van der Waals surface area (Å²) < 4.78 is 11.1. The van der Waals surface area contributed by atoms with Gasteiger partial charge in [0.2, 0.25) is 14.2 Å². The van der Waals surface area contributed by atoms with Gasteiger partial charge in [0.25, 0.3) is 0 Å². The number of aryl methyl sites for hydroxylation is 1. The Morgan fingerprint density at radius 1 is 1.33 bits per heavy atom. The molecule has 0 radical (unpaired) electrons. The highest BCUT2D eigenvalue weighted by molar-refractivity contribution is 6.70. The zero-order valence-electron chi connectivity index (χ0n) is 10.00. The molecule has 0 amide bonds. The van der Waals surface area contributed by atoms with Crippen LogP contribution < -0.4 is 9.16 Å². The van der Waals surface area contributed by atoms with E-state index in [2.05, 4.69) is 29.6 Å². The van der Waals surface area contributed by atoms with Crippen LogP contribution in [0.25, 0.3) is 0 Å². The van der Waals surface area contributed by atoms with Crippen LogP contribution in [-0.2, 0) is 0 Å². The molecule has 0 atom stereocenters. The van der Waals surface area contributed by atoms with Crippen molar-refractivity contribution in [2.75, 3.05) is 6.61 Å². The van der Waals surface area contributed by atoms with Crippen LogP contribution in [0.15, 0.2) is 6.20 Å². The standard InChI is InChI=1S/C10H18N2O2Si/c1-6-13-10-11-7-8(2)9(12-10)14-15(3,4)5/h7H,6H2,1-5H3. The van der Waals surface area contributed by atoms with Gasteiger partial charge in [0.05, 0.1) is 6.61 Å². The Morgan fingerprint density at radius 3 is 2.53 bits per heavy atom. The fraction of sp³-hybridized carbons (Fsp3) is 0.600. The summed E-state index contributed by atoms with van der Waals surface area (Å²) in [4.78, 5) is 8.29. The van der Waals surface area contributed by atoms with E-state index in [0.29, 0.717) is 18.5 Å². The van der Waals surface area contributed by atoms with Gasteiger partial charge in [-0.05, 0) is 33.5 Å². The van der Waals surface area contributed by atoms with Gasteiger partial charge in [-0.2, -0.15) is 4.98 Å². The highest BCUT2D eigenvalue weighted by Crippen LogP contribution is 2.19. The van der Waals surface area contributed by atoms with E-state index in [9.17, 15) is 0 Å². The molecule has 0 N–H and O–H groups in total. The van der Waals surface area contributed by atoms with Crippen LogP contribution >= 0.6 is 0 Å². The van der Waals surface area contributed by atoms with Crippen LogP contribution in [0, 0.1) is 6.92 Å². The van der Waals surface area contributed by atoms with Gasteiger partial charge >= 0.3 is 6.01 Å². The number of aromatic nitrogens is 2. The predicted octanol–water partition coefficient (Wildman–Crippen LogP) is 2.40. The summed E-state index contributed by atoms with van der Waals surface area (Å²) >= 11 is 0. The van der Waals surface area contributed by atoms with Gasteiger partial charge in [0.1, 0.15) is 0 Å². The molecule has 1 aromatic rings. The third kappa shape index (κ3) is 3.87. The van der Waals surface area contributed by atoms with Crippen molar-refractivity contribution in [3.8, 4) is 11.9 Å². The van der Waals surface area contributed by atoms with Crippen LogP contribution in [0.5, 0.6) is 11.9 Å². The summed E-state index contributed by atoms with van der Waals surface area (Å²) in [5, 5.41) is 0. The van der Waals surface area contributed by atoms with Gasteiger partial charge in [-0.3, -0.25) is 0 Å². The zero-order chi connectivity index (χ0) is 11.5. The number of ether oxygens (including phenoxy) is 1. The van der Waals surface area contributed by atoms with Gasteiger partial charge in [0.15, 0.2) is 0 Å². The summed E-state index contributed by atoms with van der Waals surface area (Å²) in [6.07, 6.45) is 1.73. The lowest BCUT2D eigenvalue weighted by Crippen LogP contribution is -2.30. The Morgan fingerprint density at radius 2 is 2.00 bits per heavy atom. The highest BCUT2D eigenvalue weighted by Gasteiger charge is 2.19. The third-order valence-corrected chi connectivity index (χ3v) is 2.39. The van der Waals surface area contributed by atoms with Gasteiger partial charge in [-0.25, -0.2) is 4.98 Å². The molecule has 0 spiro atoms. The average molecular weight is 226 g/mol. The van der Waals surface area contributed by atoms with Crippen molar-refractivity contribution in [2.45, 2.75) is 33.5 Å². The minimum Gasteiger partial charge on any atom is -0.531 e. The largest absolute Gasteiger partial charge is 0.531 e. The molecule has 0 aromatic carbocycles. The second kappa shape index (κ2) is 4.61. The molecule has 0 unspecified atom stereocenters. The van der Waals surface area contributed by atoms with Crippen molar-refractivity contribution in [1.82, 2.24) is 9.97 Å². The summed E-state index contributed by atoms with van der Waals surface area (Å²) in [5.41, 5.74) is 0.945. The van der Waals surface area contributed by atoms with Crippen molar-refractivity contribution in [1.29, 1.82) is 0 Å². The van der Waals surface area contributed by atoms with E-state index in [1.807, 2.05) is 13.8 Å². The van der Waals surface area contributed by atoms with Gasteiger partial charge in [-0.1, -0.05) is 0 Å². The van der Waals surface area contributed by atoms with Crippen LogP contribution in [0.1, 0.15) is 12.5 Å². The Balaban J connectivity index is 2.90. The zero-order valence-corrected chi connectivity index (χ0v) is 11.0. The maximum absolute atomic E-state index is 5.83. The van der Waals surface area contributed by atoms with E-state index >= 15 is 0 Å². The summed E-state index contributed by atoms with van der Waals surface area (Å²) in [6, 6.07) is 0.386. The Bertz CT molecular complexity index is 337. The Hall–Kier alpha value is -1.10. The Kier molecular flexibility index (Phi) is 3.68. The number of hydrogen-bond donors (Lipinski definition) is 0. The molecule has 1 heterocycles. The van der Waals surface area contributed by atoms with Gasteiger partial charge in [0, 0.05) is 11.8 Å². The normalized spacial score (nSPS) is 11.3. The maximum Gasteiger partial charge on any atom is 0.319 e. The van der Waals surface area contributed by atoms with E-state index in [1.165, 1.54) is 0 Å². The smallest absolute Gasteiger partial charge is 0.319 e. The second-order valence-corrected chi connectivity index (χ2v) is 8.72. The summed E-state index contributed by atoms with van der Waals surface area (Å²) in [6.45, 7) is 10.8. The fourth-order valence-electron chi connectivity index (χ4n) is 1.00. The first-order valence-electron chi connectivity index (χ1n) is 5.08. The lowest BCUT2D eigenvalue weighted by molar-refractivity contribution is 0.308. The average Bonchev–Trinajstić information content (AvgIpc) is 2.09. The summed E-state index contributed by atoms with van der Waals surface area (Å²) in [7, 11) is -1.62. The van der Waals surface area contributed by atoms with Gasteiger partial charge in [-0.15, -0.1) is 0 Å². The molecule has 1 rings (SSSR count). The molecule has 0 saturated heterocycles. The van der Waals surface area contributed by atoms with Crippen LogP contribution in [0.2, 0.25) is 19.6 Å². The van der Waals surface area contributed by atoms with Crippen LogP contribution in [-0.4, -0.2) is 24.9 Å². The van der Waals surface area contributed by atoms with Gasteiger partial charge < -0.3 is 9.16 Å². The lowest BCUT2D eigenvalue weighted by atomic mass is 10.4. The van der Waals surface area contributed by atoms with Crippen molar-refractivity contribution in [3.05, 3.63) is 11.8 Å². The molecule has 84 valence electrons. The van der Waals surface area contributed by atoms with E-state index in [-0.39, 0.29) is 0 Å². The van der Waals surface area contributed by atoms with E-state index in [4.69, 9.17) is 9.16 Å². The number of rotatable bonds is 4. The first kappa shape index (κ1) is 12.0. The van der Waals surface area contributed by atoms with Crippen molar-refractivity contribution < 1.29 is 9.16 Å². The number of hydrogen-bond acceptors (Lipinski definition) is 4. The lowest BCUT2D eigenvalue weighted by Gasteiger charge is -2.19. The molecule has 0 aliphatic heterocycles. The van der Waals surface area contributed by atoms with Crippen molar-refractivity contribution >= 4 is 8.32 Å². The number of nitrogens with zero attached hydrogens (tertiary/aromatic N) is 2. The molecule has 4 nitrogen and oxygen atoms in total. The van der Waals surface area contributed by atoms with Crippen LogP contribution in [0.3, 0.4) is 0 Å². The van der Waals surface area contributed by atoms with Crippen molar-refractivity contribution in [2.24, 2.45) is 0 Å². The molecule has 0 aliphatic rings. The molecule has 1 aromatic heterocycles. The van der Waals surface area contributed by atoms with Crippen LogP contribution in [0.4, 0.5) is 0 Å². The minimum absolute atomic E-state index is 0.386.